The number of aliphatic hydroxyl groups excluding tert-OH is 1. The zero-order valence-corrected chi connectivity index (χ0v) is 13.9. The van der Waals surface area contributed by atoms with Crippen molar-refractivity contribution in [1.29, 1.82) is 0 Å². The van der Waals surface area contributed by atoms with E-state index < -0.39 is 11.7 Å². The van der Waals surface area contributed by atoms with E-state index in [1.165, 1.54) is 12.1 Å². The molecule has 0 amide bonds. The Hall–Kier alpha value is -1.11. The Bertz CT molecular complexity index is 493. The third-order valence-electron chi connectivity index (χ3n) is 4.54. The lowest BCUT2D eigenvalue weighted by Gasteiger charge is -2.32. The Kier molecular flexibility index (Phi) is 7.52. The number of halogens is 3. The highest BCUT2D eigenvalue weighted by Gasteiger charge is 2.33. The molecule has 1 fully saturated rings. The molecule has 1 aliphatic heterocycles. The van der Waals surface area contributed by atoms with E-state index in [1.807, 2.05) is 0 Å². The van der Waals surface area contributed by atoms with E-state index in [4.69, 9.17) is 9.84 Å². The van der Waals surface area contributed by atoms with Gasteiger partial charge in [-0.1, -0.05) is 18.2 Å². The van der Waals surface area contributed by atoms with Gasteiger partial charge in [-0.2, -0.15) is 13.2 Å². The number of aliphatic hydroxyl groups is 1. The normalized spacial score (nSPS) is 19.6. The van der Waals surface area contributed by atoms with Crippen LogP contribution in [0.2, 0.25) is 0 Å². The van der Waals surface area contributed by atoms with Gasteiger partial charge in [-0.05, 0) is 49.8 Å². The van der Waals surface area contributed by atoms with Gasteiger partial charge in [0.05, 0.1) is 25.4 Å². The lowest BCUT2D eigenvalue weighted by atomic mass is 9.90. The third kappa shape index (κ3) is 6.07. The van der Waals surface area contributed by atoms with Crippen molar-refractivity contribution >= 4 is 0 Å². The minimum Gasteiger partial charge on any atom is -0.394 e. The molecule has 2 rings (SSSR count). The first-order chi connectivity index (χ1) is 11.5. The summed E-state index contributed by atoms with van der Waals surface area (Å²) in [7, 11) is 0. The molecule has 1 aromatic carbocycles. The van der Waals surface area contributed by atoms with E-state index in [2.05, 4.69) is 4.90 Å². The molecule has 1 atom stereocenters. The van der Waals surface area contributed by atoms with Crippen molar-refractivity contribution in [1.82, 2.24) is 4.90 Å². The fourth-order valence-electron chi connectivity index (χ4n) is 3.32. The quantitative estimate of drug-likeness (QED) is 0.734. The van der Waals surface area contributed by atoms with Crippen LogP contribution in [-0.2, 0) is 17.3 Å². The zero-order chi connectivity index (χ0) is 17.4. The smallest absolute Gasteiger partial charge is 0.394 e. The van der Waals surface area contributed by atoms with Gasteiger partial charge in [0, 0.05) is 13.1 Å². The molecule has 1 N–H and O–H groups in total. The number of nitrogens with zero attached hydrogens (tertiary/aromatic N) is 1. The van der Waals surface area contributed by atoms with Crippen LogP contribution in [-0.4, -0.2) is 49.5 Å². The number of aryl methyl sites for hydroxylation is 1. The summed E-state index contributed by atoms with van der Waals surface area (Å²) in [6.45, 7) is 3.71. The van der Waals surface area contributed by atoms with Gasteiger partial charge >= 0.3 is 6.18 Å². The minimum absolute atomic E-state index is 0.0290. The van der Waals surface area contributed by atoms with Gasteiger partial charge in [0.1, 0.15) is 0 Å². The van der Waals surface area contributed by atoms with E-state index in [0.717, 1.165) is 38.9 Å². The molecule has 1 saturated heterocycles. The predicted octanol–water partition coefficient (Wildman–Crippen LogP) is 3.36. The van der Waals surface area contributed by atoms with Crippen molar-refractivity contribution in [3.63, 3.8) is 0 Å². The fraction of sp³-hybridized carbons (Fsp3) is 0.667. The van der Waals surface area contributed by atoms with Gasteiger partial charge in [-0.3, -0.25) is 0 Å². The average Bonchev–Trinajstić information content (AvgIpc) is 2.57. The van der Waals surface area contributed by atoms with Crippen LogP contribution in [0, 0.1) is 5.92 Å². The maximum atomic E-state index is 13.0. The van der Waals surface area contributed by atoms with Crippen LogP contribution < -0.4 is 0 Å². The van der Waals surface area contributed by atoms with E-state index >= 15 is 0 Å². The molecular weight excluding hydrogens is 319 g/mol. The average molecular weight is 345 g/mol. The molecule has 0 radical (unpaired) electrons. The molecule has 0 aromatic heterocycles. The lowest BCUT2D eigenvalue weighted by molar-refractivity contribution is -0.138. The van der Waals surface area contributed by atoms with E-state index in [0.29, 0.717) is 31.1 Å². The maximum Gasteiger partial charge on any atom is 0.416 e. The van der Waals surface area contributed by atoms with Gasteiger partial charge in [-0.15, -0.1) is 0 Å². The largest absolute Gasteiger partial charge is 0.416 e. The van der Waals surface area contributed by atoms with Crippen LogP contribution >= 0.6 is 0 Å². The number of likely N-dealkylation sites (tertiary alicyclic amines) is 1. The van der Waals surface area contributed by atoms with Crippen LogP contribution in [0.4, 0.5) is 13.2 Å². The van der Waals surface area contributed by atoms with Crippen molar-refractivity contribution in [2.75, 3.05) is 39.5 Å². The number of benzene rings is 1. The SMILES string of the molecule is OCCOCCN1CCCC(CCc2ccccc2C(F)(F)F)C1. The van der Waals surface area contributed by atoms with Crippen LogP contribution in [0.25, 0.3) is 0 Å². The number of hydrogen-bond donors (Lipinski definition) is 1. The molecule has 3 nitrogen and oxygen atoms in total. The summed E-state index contributed by atoms with van der Waals surface area (Å²) >= 11 is 0. The molecule has 1 aliphatic rings. The van der Waals surface area contributed by atoms with Gasteiger partial charge in [0.25, 0.3) is 0 Å². The van der Waals surface area contributed by atoms with E-state index in [9.17, 15) is 13.2 Å². The molecule has 0 saturated carbocycles. The monoisotopic (exact) mass is 345 g/mol. The van der Waals surface area contributed by atoms with Gasteiger partial charge in [-0.25, -0.2) is 0 Å². The fourth-order valence-corrected chi connectivity index (χ4v) is 3.32. The Morgan fingerprint density at radius 3 is 2.75 bits per heavy atom. The first kappa shape index (κ1) is 19.2. The first-order valence-corrected chi connectivity index (χ1v) is 8.56. The molecule has 24 heavy (non-hydrogen) atoms. The van der Waals surface area contributed by atoms with Crippen molar-refractivity contribution in [2.24, 2.45) is 5.92 Å². The molecule has 1 heterocycles. The summed E-state index contributed by atoms with van der Waals surface area (Å²) in [6.07, 6.45) is -0.886. The second kappa shape index (κ2) is 9.39. The Morgan fingerprint density at radius 1 is 1.21 bits per heavy atom. The highest BCUT2D eigenvalue weighted by Crippen LogP contribution is 2.33. The lowest BCUT2D eigenvalue weighted by Crippen LogP contribution is -2.37. The summed E-state index contributed by atoms with van der Waals surface area (Å²) in [5.74, 6) is 0.429. The van der Waals surface area contributed by atoms with Crippen LogP contribution in [0.1, 0.15) is 30.4 Å². The topological polar surface area (TPSA) is 32.7 Å². The summed E-state index contributed by atoms with van der Waals surface area (Å²) < 4.78 is 44.4. The first-order valence-electron chi connectivity index (χ1n) is 8.56. The number of ether oxygens (including phenoxy) is 1. The third-order valence-corrected chi connectivity index (χ3v) is 4.54. The number of rotatable bonds is 8. The van der Waals surface area contributed by atoms with Crippen LogP contribution in [0.3, 0.4) is 0 Å². The van der Waals surface area contributed by atoms with Crippen molar-refractivity contribution in [3.8, 4) is 0 Å². The molecule has 0 spiro atoms. The minimum atomic E-state index is -4.28. The summed E-state index contributed by atoms with van der Waals surface area (Å²) in [4.78, 5) is 2.31. The highest BCUT2D eigenvalue weighted by molar-refractivity contribution is 5.29. The molecular formula is C18H26F3NO2. The van der Waals surface area contributed by atoms with Gasteiger partial charge in [0.15, 0.2) is 0 Å². The van der Waals surface area contributed by atoms with Gasteiger partial charge in [0.2, 0.25) is 0 Å². The van der Waals surface area contributed by atoms with Crippen molar-refractivity contribution in [2.45, 2.75) is 31.9 Å². The van der Waals surface area contributed by atoms with Crippen molar-refractivity contribution < 1.29 is 23.0 Å². The summed E-state index contributed by atoms with van der Waals surface area (Å²) in [5.41, 5.74) is -0.108. The Labute approximate surface area is 141 Å². The van der Waals surface area contributed by atoms with Crippen molar-refractivity contribution in [3.05, 3.63) is 35.4 Å². The molecule has 6 heteroatoms. The molecule has 1 unspecified atom stereocenters. The second-order valence-corrected chi connectivity index (χ2v) is 6.34. The number of piperidine rings is 1. The Balaban J connectivity index is 1.82. The summed E-state index contributed by atoms with van der Waals surface area (Å²) in [6, 6.07) is 5.88. The van der Waals surface area contributed by atoms with E-state index in [-0.39, 0.29) is 6.61 Å². The van der Waals surface area contributed by atoms with Crippen LogP contribution in [0.15, 0.2) is 24.3 Å². The summed E-state index contributed by atoms with van der Waals surface area (Å²) in [5, 5.41) is 8.68. The van der Waals surface area contributed by atoms with Crippen LogP contribution in [0.5, 0.6) is 0 Å². The highest BCUT2D eigenvalue weighted by atomic mass is 19.4. The Morgan fingerprint density at radius 2 is 2.00 bits per heavy atom. The molecule has 0 bridgehead atoms. The number of hydrogen-bond acceptors (Lipinski definition) is 3. The predicted molar refractivity (Wildman–Crippen MR) is 86.8 cm³/mol. The molecule has 0 aliphatic carbocycles. The second-order valence-electron chi connectivity index (χ2n) is 6.34. The number of alkyl halides is 3. The zero-order valence-electron chi connectivity index (χ0n) is 13.9. The molecule has 136 valence electrons. The van der Waals surface area contributed by atoms with Gasteiger partial charge < -0.3 is 14.7 Å². The maximum absolute atomic E-state index is 13.0. The van der Waals surface area contributed by atoms with E-state index in [1.54, 1.807) is 12.1 Å². The molecule has 1 aromatic rings. The standard InChI is InChI=1S/C18H26F3NO2/c19-18(20,21)17-6-2-1-5-16(17)8-7-15-4-3-9-22(14-15)10-12-24-13-11-23/h1-2,5-6,15,23H,3-4,7-14H2.